The third-order valence-electron chi connectivity index (χ3n) is 4.65. The van der Waals surface area contributed by atoms with Gasteiger partial charge in [0.15, 0.2) is 16.4 Å². The van der Waals surface area contributed by atoms with Gasteiger partial charge < -0.3 is 18.8 Å². The number of methoxy groups -OCH3 is 1. The molecule has 0 unspecified atom stereocenters. The second-order valence-corrected chi connectivity index (χ2v) is 8.71. The number of para-hydroxylation sites is 1. The van der Waals surface area contributed by atoms with Crippen LogP contribution in [-0.2, 0) is 30.7 Å². The Bertz CT molecular complexity index is 963. The first kappa shape index (κ1) is 19.4. The van der Waals surface area contributed by atoms with Gasteiger partial charge in [-0.3, -0.25) is 4.79 Å². The summed E-state index contributed by atoms with van der Waals surface area (Å²) in [5.74, 6) is -1.23. The van der Waals surface area contributed by atoms with E-state index in [9.17, 15) is 18.0 Å². The third-order valence-corrected chi connectivity index (χ3v) is 6.40. The van der Waals surface area contributed by atoms with Crippen molar-refractivity contribution in [3.8, 4) is 0 Å². The maximum atomic E-state index is 12.4. The summed E-state index contributed by atoms with van der Waals surface area (Å²) in [4.78, 5) is 26.0. The Kier molecular flexibility index (Phi) is 5.52. The zero-order chi connectivity index (χ0) is 19.6. The van der Waals surface area contributed by atoms with E-state index in [1.54, 1.807) is 12.1 Å². The van der Waals surface area contributed by atoms with Crippen LogP contribution in [0.25, 0.3) is 11.0 Å². The van der Waals surface area contributed by atoms with Gasteiger partial charge in [0.2, 0.25) is 5.76 Å². The number of fused-ring (bicyclic) bond motifs is 1. The number of sulfone groups is 1. The lowest BCUT2D eigenvalue weighted by atomic mass is 10.1. The summed E-state index contributed by atoms with van der Waals surface area (Å²) in [6.07, 6.45) is 0.389. The number of carbonyl (C=O) groups is 2. The van der Waals surface area contributed by atoms with Gasteiger partial charge in [0, 0.05) is 31.1 Å². The minimum atomic E-state index is -3.11. The van der Waals surface area contributed by atoms with E-state index in [2.05, 4.69) is 0 Å². The van der Waals surface area contributed by atoms with Crippen LogP contribution in [0.15, 0.2) is 28.7 Å². The molecule has 2 heterocycles. The average Bonchev–Trinajstić information content (AvgIpc) is 3.19. The fraction of sp³-hybridized carbons (Fsp3) is 0.444. The van der Waals surface area contributed by atoms with Crippen LogP contribution in [0.5, 0.6) is 0 Å². The molecule has 9 heteroatoms. The number of furan rings is 1. The number of nitrogens with zero attached hydrogens (tertiary/aromatic N) is 1. The first-order valence-corrected chi connectivity index (χ1v) is 10.3. The molecule has 0 saturated carbocycles. The molecule has 0 radical (unpaired) electrons. The van der Waals surface area contributed by atoms with Crippen LogP contribution in [0.1, 0.15) is 22.5 Å². The quantitative estimate of drug-likeness (QED) is 0.681. The van der Waals surface area contributed by atoms with Crippen molar-refractivity contribution < 1.29 is 31.9 Å². The molecule has 1 aliphatic heterocycles. The first-order chi connectivity index (χ1) is 12.8. The Morgan fingerprint density at radius 2 is 2.04 bits per heavy atom. The van der Waals surface area contributed by atoms with Crippen molar-refractivity contribution in [1.82, 2.24) is 4.90 Å². The Balaban J connectivity index is 1.68. The summed E-state index contributed by atoms with van der Waals surface area (Å²) in [5.41, 5.74) is 1.08. The Labute approximate surface area is 156 Å². The predicted octanol–water partition coefficient (Wildman–Crippen LogP) is 1.38. The highest BCUT2D eigenvalue weighted by molar-refractivity contribution is 7.91. The molecule has 1 aliphatic rings. The van der Waals surface area contributed by atoms with E-state index in [1.165, 1.54) is 19.1 Å². The van der Waals surface area contributed by atoms with Crippen LogP contribution in [0.3, 0.4) is 0 Å². The minimum Gasteiger partial charge on any atom is -0.450 e. The molecule has 1 saturated heterocycles. The molecule has 0 spiro atoms. The van der Waals surface area contributed by atoms with Crippen molar-refractivity contribution in [2.24, 2.45) is 0 Å². The number of likely N-dealkylation sites (N-methyl/N-ethyl adjacent to an activating group) is 1. The molecule has 2 aromatic rings. The monoisotopic (exact) mass is 395 g/mol. The molecule has 1 amide bonds. The zero-order valence-corrected chi connectivity index (χ0v) is 16.0. The van der Waals surface area contributed by atoms with Crippen molar-refractivity contribution in [3.05, 3.63) is 35.6 Å². The molecule has 0 aliphatic carbocycles. The fourth-order valence-corrected chi connectivity index (χ4v) is 4.90. The minimum absolute atomic E-state index is 0.00283. The number of rotatable bonds is 6. The van der Waals surface area contributed by atoms with Gasteiger partial charge >= 0.3 is 5.97 Å². The number of benzene rings is 1. The summed E-state index contributed by atoms with van der Waals surface area (Å²) in [7, 11) is -0.0875. The summed E-state index contributed by atoms with van der Waals surface area (Å²) < 4.78 is 38.9. The second-order valence-electron chi connectivity index (χ2n) is 6.48. The molecular formula is C18H21NO7S. The topological polar surface area (TPSA) is 103 Å². The Morgan fingerprint density at radius 1 is 1.30 bits per heavy atom. The van der Waals surface area contributed by atoms with Crippen molar-refractivity contribution in [3.63, 3.8) is 0 Å². The van der Waals surface area contributed by atoms with Gasteiger partial charge in [0.05, 0.1) is 18.1 Å². The summed E-state index contributed by atoms with van der Waals surface area (Å²) in [6.45, 7) is -0.329. The fourth-order valence-electron chi connectivity index (χ4n) is 3.13. The normalized spacial score (nSPS) is 18.5. The molecular weight excluding hydrogens is 374 g/mol. The molecule has 1 aromatic carbocycles. The standard InChI is InChI=1S/C18H21NO7S/c1-19(12-7-8-27(22,23)11-12)16(20)10-25-18(21)17-14(9-24-2)13-5-3-4-6-15(13)26-17/h3-6,12H,7-11H2,1-2H3/t12-/m1/s1. The van der Waals surface area contributed by atoms with Gasteiger partial charge in [-0.1, -0.05) is 18.2 Å². The highest BCUT2D eigenvalue weighted by Gasteiger charge is 2.33. The summed E-state index contributed by atoms with van der Waals surface area (Å²) in [5, 5.41) is 0.742. The molecule has 8 nitrogen and oxygen atoms in total. The Morgan fingerprint density at radius 3 is 2.70 bits per heavy atom. The molecule has 3 rings (SSSR count). The van der Waals surface area contributed by atoms with E-state index in [0.29, 0.717) is 17.6 Å². The van der Waals surface area contributed by atoms with Gasteiger partial charge in [-0.2, -0.15) is 0 Å². The van der Waals surface area contributed by atoms with E-state index < -0.39 is 34.4 Å². The van der Waals surface area contributed by atoms with Crippen LogP contribution in [0, 0.1) is 0 Å². The predicted molar refractivity (Wildman–Crippen MR) is 97.0 cm³/mol. The Hall–Kier alpha value is -2.39. The number of ether oxygens (including phenoxy) is 2. The van der Waals surface area contributed by atoms with Crippen LogP contribution in [0.2, 0.25) is 0 Å². The number of carbonyl (C=O) groups excluding carboxylic acids is 2. The van der Waals surface area contributed by atoms with E-state index in [0.717, 1.165) is 5.39 Å². The van der Waals surface area contributed by atoms with Crippen molar-refractivity contribution in [2.45, 2.75) is 19.1 Å². The SMILES string of the molecule is COCc1c(C(=O)OCC(=O)N(C)[C@@H]2CCS(=O)(=O)C2)oc2ccccc12. The van der Waals surface area contributed by atoms with Gasteiger partial charge in [0.1, 0.15) is 5.58 Å². The molecule has 1 atom stereocenters. The lowest BCUT2D eigenvalue weighted by Crippen LogP contribution is -2.40. The van der Waals surface area contributed by atoms with Crippen LogP contribution in [-0.4, -0.2) is 63.5 Å². The summed E-state index contributed by atoms with van der Waals surface area (Å²) in [6, 6.07) is 6.75. The van der Waals surface area contributed by atoms with E-state index >= 15 is 0 Å². The highest BCUT2D eigenvalue weighted by Crippen LogP contribution is 2.27. The van der Waals surface area contributed by atoms with Gasteiger partial charge in [-0.15, -0.1) is 0 Å². The van der Waals surface area contributed by atoms with Crippen molar-refractivity contribution in [1.29, 1.82) is 0 Å². The molecule has 1 aromatic heterocycles. The molecule has 146 valence electrons. The number of hydrogen-bond donors (Lipinski definition) is 0. The molecule has 1 fully saturated rings. The highest BCUT2D eigenvalue weighted by atomic mass is 32.2. The van der Waals surface area contributed by atoms with Gasteiger partial charge in [0.25, 0.3) is 5.91 Å². The van der Waals surface area contributed by atoms with Crippen LogP contribution < -0.4 is 0 Å². The second kappa shape index (κ2) is 7.69. The maximum Gasteiger partial charge on any atom is 0.375 e. The van der Waals surface area contributed by atoms with E-state index in [4.69, 9.17) is 13.9 Å². The van der Waals surface area contributed by atoms with Crippen LogP contribution in [0.4, 0.5) is 0 Å². The van der Waals surface area contributed by atoms with Gasteiger partial charge in [-0.05, 0) is 12.5 Å². The van der Waals surface area contributed by atoms with Gasteiger partial charge in [-0.25, -0.2) is 13.2 Å². The first-order valence-electron chi connectivity index (χ1n) is 8.45. The maximum absolute atomic E-state index is 12.4. The zero-order valence-electron chi connectivity index (χ0n) is 15.1. The smallest absolute Gasteiger partial charge is 0.375 e. The van der Waals surface area contributed by atoms with Crippen molar-refractivity contribution >= 4 is 32.7 Å². The largest absolute Gasteiger partial charge is 0.450 e. The number of amides is 1. The average molecular weight is 395 g/mol. The summed E-state index contributed by atoms with van der Waals surface area (Å²) >= 11 is 0. The molecule has 27 heavy (non-hydrogen) atoms. The molecule has 0 N–H and O–H groups in total. The lowest BCUT2D eigenvalue weighted by Gasteiger charge is -2.23. The van der Waals surface area contributed by atoms with E-state index in [1.807, 2.05) is 12.1 Å². The number of hydrogen-bond acceptors (Lipinski definition) is 7. The van der Waals surface area contributed by atoms with Crippen LogP contribution >= 0.6 is 0 Å². The van der Waals surface area contributed by atoms with E-state index in [-0.39, 0.29) is 23.9 Å². The number of esters is 1. The lowest BCUT2D eigenvalue weighted by molar-refractivity contribution is -0.134. The third kappa shape index (κ3) is 4.14. The molecule has 0 bridgehead atoms. The van der Waals surface area contributed by atoms with Crippen molar-refractivity contribution in [2.75, 3.05) is 32.3 Å².